The second-order valence-electron chi connectivity index (χ2n) is 5.09. The molecule has 1 aromatic carbocycles. The molecule has 1 aromatic heterocycles. The highest BCUT2D eigenvalue weighted by atomic mass is 32.1. The Hall–Kier alpha value is -2.26. The van der Waals surface area contributed by atoms with Crippen molar-refractivity contribution in [3.05, 3.63) is 46.7 Å². The summed E-state index contributed by atoms with van der Waals surface area (Å²) in [6.45, 7) is 3.08. The van der Waals surface area contributed by atoms with Crippen molar-refractivity contribution < 1.29 is 9.18 Å². The minimum Gasteiger partial charge on any atom is -0.301 e. The highest BCUT2D eigenvalue weighted by Gasteiger charge is 2.27. The minimum absolute atomic E-state index is 0.262. The largest absolute Gasteiger partial charge is 0.301 e. The second kappa shape index (κ2) is 6.02. The fourth-order valence-electron chi connectivity index (χ4n) is 1.58. The van der Waals surface area contributed by atoms with Gasteiger partial charge in [-0.25, -0.2) is 9.37 Å². The molecule has 0 spiro atoms. The molecule has 2 aromatic rings. The van der Waals surface area contributed by atoms with Gasteiger partial charge in [-0.15, -0.1) is 11.3 Å². The number of anilines is 1. The molecule has 2 rings (SSSR count). The number of carbonyl (C=O) groups is 1. The number of aromatic nitrogens is 1. The zero-order chi connectivity index (χ0) is 15.5. The molecule has 0 aliphatic carbocycles. The van der Waals surface area contributed by atoms with Crippen LogP contribution in [0.4, 0.5) is 9.52 Å². The van der Waals surface area contributed by atoms with E-state index < -0.39 is 11.3 Å². The Kier molecular flexibility index (Phi) is 4.34. The Morgan fingerprint density at radius 2 is 2.19 bits per heavy atom. The lowest BCUT2D eigenvalue weighted by molar-refractivity contribution is -0.121. The average molecular weight is 303 g/mol. The van der Waals surface area contributed by atoms with E-state index in [2.05, 4.69) is 10.3 Å². The molecule has 1 N–H and O–H groups in total. The van der Waals surface area contributed by atoms with Crippen LogP contribution in [-0.4, -0.2) is 10.9 Å². The molecular weight excluding hydrogens is 289 g/mol. The van der Waals surface area contributed by atoms with Gasteiger partial charge in [0, 0.05) is 17.5 Å². The Morgan fingerprint density at radius 1 is 1.48 bits per heavy atom. The maximum Gasteiger partial charge on any atom is 0.246 e. The molecule has 0 radical (unpaired) electrons. The van der Waals surface area contributed by atoms with E-state index in [9.17, 15) is 9.18 Å². The standard InChI is InChI=1S/C15H14FN3OS/c1-15(2,9-17)13(20)19-14-18-8-11(21-14)7-10-5-3-4-6-12(10)16/h3-6,8H,7H2,1-2H3,(H,18,19,20). The lowest BCUT2D eigenvalue weighted by Crippen LogP contribution is -2.29. The molecule has 0 aliphatic rings. The van der Waals surface area contributed by atoms with Gasteiger partial charge in [0.15, 0.2) is 5.13 Å². The number of benzene rings is 1. The van der Waals surface area contributed by atoms with Crippen LogP contribution in [0.1, 0.15) is 24.3 Å². The van der Waals surface area contributed by atoms with Gasteiger partial charge in [0.1, 0.15) is 11.2 Å². The SMILES string of the molecule is CC(C)(C#N)C(=O)Nc1ncc(Cc2ccccc2F)s1. The van der Waals surface area contributed by atoms with Crippen molar-refractivity contribution in [2.24, 2.45) is 5.41 Å². The summed E-state index contributed by atoms with van der Waals surface area (Å²) in [4.78, 5) is 16.8. The summed E-state index contributed by atoms with van der Waals surface area (Å²) >= 11 is 1.27. The van der Waals surface area contributed by atoms with Gasteiger partial charge in [0.25, 0.3) is 0 Å². The summed E-state index contributed by atoms with van der Waals surface area (Å²) in [6, 6.07) is 8.47. The van der Waals surface area contributed by atoms with Crippen molar-refractivity contribution in [3.8, 4) is 6.07 Å². The molecule has 0 saturated carbocycles. The predicted octanol–water partition coefficient (Wildman–Crippen LogP) is 3.36. The maximum atomic E-state index is 13.6. The van der Waals surface area contributed by atoms with Crippen LogP contribution in [0.3, 0.4) is 0 Å². The molecule has 1 heterocycles. The number of rotatable bonds is 4. The zero-order valence-electron chi connectivity index (χ0n) is 11.7. The number of nitrogens with zero attached hydrogens (tertiary/aromatic N) is 2. The van der Waals surface area contributed by atoms with Crippen LogP contribution < -0.4 is 5.32 Å². The third kappa shape index (κ3) is 3.64. The third-order valence-corrected chi connectivity index (χ3v) is 3.86. The van der Waals surface area contributed by atoms with Crippen molar-refractivity contribution in [2.45, 2.75) is 20.3 Å². The third-order valence-electron chi connectivity index (χ3n) is 2.94. The first kappa shape index (κ1) is 15.1. The fourth-order valence-corrected chi connectivity index (χ4v) is 2.41. The molecule has 0 bridgehead atoms. The molecule has 0 atom stereocenters. The van der Waals surface area contributed by atoms with Gasteiger partial charge in [-0.2, -0.15) is 5.26 Å². The Morgan fingerprint density at radius 3 is 2.86 bits per heavy atom. The van der Waals surface area contributed by atoms with Crippen LogP contribution in [0.15, 0.2) is 30.5 Å². The average Bonchev–Trinajstić information content (AvgIpc) is 2.88. The first-order valence-corrected chi connectivity index (χ1v) is 7.15. The van der Waals surface area contributed by atoms with Crippen LogP contribution in [-0.2, 0) is 11.2 Å². The van der Waals surface area contributed by atoms with Gasteiger partial charge >= 0.3 is 0 Å². The fraction of sp³-hybridized carbons (Fsp3) is 0.267. The van der Waals surface area contributed by atoms with Crippen molar-refractivity contribution in [1.29, 1.82) is 5.26 Å². The molecule has 0 fully saturated rings. The second-order valence-corrected chi connectivity index (χ2v) is 6.21. The van der Waals surface area contributed by atoms with E-state index in [1.54, 1.807) is 24.4 Å². The number of nitriles is 1. The normalized spacial score (nSPS) is 11.0. The zero-order valence-corrected chi connectivity index (χ0v) is 12.5. The summed E-state index contributed by atoms with van der Waals surface area (Å²) in [5.41, 5.74) is -0.534. The van der Waals surface area contributed by atoms with E-state index in [0.29, 0.717) is 17.1 Å². The molecule has 21 heavy (non-hydrogen) atoms. The van der Waals surface area contributed by atoms with E-state index >= 15 is 0 Å². The van der Waals surface area contributed by atoms with E-state index in [4.69, 9.17) is 5.26 Å². The molecular formula is C15H14FN3OS. The van der Waals surface area contributed by atoms with Gasteiger partial charge < -0.3 is 5.32 Å². The molecule has 108 valence electrons. The van der Waals surface area contributed by atoms with Crippen molar-refractivity contribution in [3.63, 3.8) is 0 Å². The molecule has 0 aliphatic heterocycles. The van der Waals surface area contributed by atoms with Gasteiger partial charge in [0.2, 0.25) is 5.91 Å². The Bertz CT molecular complexity index is 703. The molecule has 0 unspecified atom stereocenters. The predicted molar refractivity (Wildman–Crippen MR) is 79.3 cm³/mol. The smallest absolute Gasteiger partial charge is 0.246 e. The lowest BCUT2D eigenvalue weighted by atomic mass is 9.95. The number of carbonyl (C=O) groups excluding carboxylic acids is 1. The molecule has 6 heteroatoms. The van der Waals surface area contributed by atoms with E-state index in [-0.39, 0.29) is 5.82 Å². The van der Waals surface area contributed by atoms with Crippen molar-refractivity contribution in [1.82, 2.24) is 4.98 Å². The van der Waals surface area contributed by atoms with Crippen LogP contribution in [0.25, 0.3) is 0 Å². The number of thiazole rings is 1. The van der Waals surface area contributed by atoms with Gasteiger partial charge in [-0.1, -0.05) is 18.2 Å². The maximum absolute atomic E-state index is 13.6. The number of nitrogens with one attached hydrogen (secondary N) is 1. The van der Waals surface area contributed by atoms with Crippen LogP contribution in [0, 0.1) is 22.6 Å². The summed E-state index contributed by atoms with van der Waals surface area (Å²) < 4.78 is 13.6. The van der Waals surface area contributed by atoms with Crippen LogP contribution in [0.2, 0.25) is 0 Å². The summed E-state index contributed by atoms with van der Waals surface area (Å²) in [7, 11) is 0. The number of amides is 1. The first-order chi connectivity index (χ1) is 9.92. The van der Waals surface area contributed by atoms with E-state index in [0.717, 1.165) is 4.88 Å². The highest BCUT2D eigenvalue weighted by Crippen LogP contribution is 2.24. The van der Waals surface area contributed by atoms with Crippen LogP contribution >= 0.6 is 11.3 Å². The number of hydrogen-bond acceptors (Lipinski definition) is 4. The molecule has 4 nitrogen and oxygen atoms in total. The van der Waals surface area contributed by atoms with Gasteiger partial charge in [0.05, 0.1) is 6.07 Å². The van der Waals surface area contributed by atoms with E-state index in [1.165, 1.54) is 31.3 Å². The summed E-state index contributed by atoms with van der Waals surface area (Å²) in [5, 5.41) is 11.9. The number of hydrogen-bond donors (Lipinski definition) is 1. The Labute approximate surface area is 126 Å². The quantitative estimate of drug-likeness (QED) is 0.941. The van der Waals surface area contributed by atoms with Gasteiger partial charge in [-0.05, 0) is 25.5 Å². The lowest BCUT2D eigenvalue weighted by Gasteiger charge is -2.12. The first-order valence-electron chi connectivity index (χ1n) is 6.33. The van der Waals surface area contributed by atoms with Gasteiger partial charge in [-0.3, -0.25) is 4.79 Å². The van der Waals surface area contributed by atoms with E-state index in [1.807, 2.05) is 6.07 Å². The van der Waals surface area contributed by atoms with Crippen LogP contribution in [0.5, 0.6) is 0 Å². The number of halogens is 1. The highest BCUT2D eigenvalue weighted by molar-refractivity contribution is 7.15. The van der Waals surface area contributed by atoms with Crippen molar-refractivity contribution >= 4 is 22.4 Å². The molecule has 0 saturated heterocycles. The monoisotopic (exact) mass is 303 g/mol. The van der Waals surface area contributed by atoms with Crippen molar-refractivity contribution in [2.75, 3.05) is 5.32 Å². The minimum atomic E-state index is -1.11. The summed E-state index contributed by atoms with van der Waals surface area (Å²) in [6.07, 6.45) is 2.02. The topological polar surface area (TPSA) is 65.8 Å². The Balaban J connectivity index is 2.08. The summed E-state index contributed by atoms with van der Waals surface area (Å²) in [5.74, 6) is -0.668. The molecule has 1 amide bonds.